The number of benzene rings is 2. The molecule has 0 aliphatic carbocycles. The average molecular weight is 1010 g/mol. The number of sulfonamides is 2. The smallest absolute Gasteiger partial charge is 0.248 e. The highest BCUT2D eigenvalue weighted by molar-refractivity contribution is 7.88. The molecule has 2 fully saturated rings. The second-order valence-electron chi connectivity index (χ2n) is 18.0. The number of likely N-dealkylation sites (N-methyl/N-ethyl adjacent to an activating group) is 2. The van der Waals surface area contributed by atoms with Crippen molar-refractivity contribution in [3.05, 3.63) is 71.8 Å². The summed E-state index contributed by atoms with van der Waals surface area (Å²) in [7, 11) is -3.93. The molecule has 2 saturated heterocycles. The van der Waals surface area contributed by atoms with E-state index >= 15 is 0 Å². The van der Waals surface area contributed by atoms with Gasteiger partial charge in [0.05, 0.1) is 36.8 Å². The van der Waals surface area contributed by atoms with Crippen molar-refractivity contribution in [3.63, 3.8) is 0 Å². The molecule has 2 heterocycles. The van der Waals surface area contributed by atoms with E-state index < -0.39 is 80.3 Å². The number of carbonyl (C=O) groups excluding carboxylic acids is 4. The monoisotopic (exact) mass is 1010 g/mol. The molecular weight excluding hydrogens is 937 g/mol. The van der Waals surface area contributed by atoms with Gasteiger partial charge in [-0.15, -0.1) is 0 Å². The standard InChI is InChI=1S/C50H74N8O10S2/c1-37(51-5)47(59)53-45(49(61)57-29-19-25-43(57)35-55(69(7,63)64)31-27-41-21-13-11-14-22-41)39(3)67-33-17-9-10-18-34-68-40(4)46(54-48(60)38(2)52-6)50(62)58-30-20-26-44(58)36-56(70(8,65)66)32-28-42-23-15-12-16-24-42/h11-16,21-24,37-40,43-46,51-52H,19-20,25-36H2,1-8H3,(H,53,59)(H,54,60)/t37-,38-,39+,40?,43?,44-,45-,46-/m0/s1. The van der Waals surface area contributed by atoms with Gasteiger partial charge in [0.25, 0.3) is 0 Å². The van der Waals surface area contributed by atoms with Crippen molar-refractivity contribution in [2.24, 2.45) is 0 Å². The van der Waals surface area contributed by atoms with Crippen LogP contribution in [0.15, 0.2) is 60.7 Å². The lowest BCUT2D eigenvalue weighted by atomic mass is 10.1. The quantitative estimate of drug-likeness (QED) is 0.0972. The Morgan fingerprint density at radius 3 is 1.31 bits per heavy atom. The van der Waals surface area contributed by atoms with E-state index in [1.807, 2.05) is 60.7 Å². The van der Waals surface area contributed by atoms with Gasteiger partial charge in [-0.25, -0.2) is 16.8 Å². The zero-order valence-electron chi connectivity index (χ0n) is 42.0. The Kier molecular flexibility index (Phi) is 23.3. The highest BCUT2D eigenvalue weighted by atomic mass is 32.2. The number of carbonyl (C=O) groups is 4. The van der Waals surface area contributed by atoms with E-state index in [9.17, 15) is 36.0 Å². The number of likely N-dealkylation sites (tertiary alicyclic amines) is 2. The lowest BCUT2D eigenvalue weighted by Crippen LogP contribution is -2.58. The van der Waals surface area contributed by atoms with Crippen LogP contribution in [0.5, 0.6) is 0 Å². The minimum atomic E-state index is -3.60. The fourth-order valence-electron chi connectivity index (χ4n) is 8.32. The van der Waals surface area contributed by atoms with Crippen LogP contribution >= 0.6 is 0 Å². The van der Waals surface area contributed by atoms with E-state index in [0.717, 1.165) is 11.1 Å². The minimum absolute atomic E-state index is 0.120. The minimum Gasteiger partial charge on any atom is -0.363 e. The second kappa shape index (κ2) is 28.2. The van der Waals surface area contributed by atoms with Crippen LogP contribution in [0, 0.1) is 23.7 Å². The van der Waals surface area contributed by atoms with Gasteiger partial charge in [0.2, 0.25) is 43.7 Å². The number of nitrogens with zero attached hydrogens (tertiary/aromatic N) is 4. The maximum atomic E-state index is 14.2. The van der Waals surface area contributed by atoms with Crippen LogP contribution < -0.4 is 21.3 Å². The van der Waals surface area contributed by atoms with Gasteiger partial charge in [0.15, 0.2) is 0 Å². The number of ether oxygens (including phenoxy) is 2. The van der Waals surface area contributed by atoms with E-state index in [4.69, 9.17) is 9.47 Å². The molecule has 20 heteroatoms. The lowest BCUT2D eigenvalue weighted by molar-refractivity contribution is -0.141. The molecule has 386 valence electrons. The third-order valence-electron chi connectivity index (χ3n) is 12.9. The summed E-state index contributed by atoms with van der Waals surface area (Å²) in [4.78, 5) is 58.0. The van der Waals surface area contributed by atoms with Gasteiger partial charge in [-0.2, -0.15) is 8.61 Å². The molecule has 0 saturated carbocycles. The molecule has 0 aromatic heterocycles. The largest absolute Gasteiger partial charge is 0.363 e. The van der Waals surface area contributed by atoms with Crippen LogP contribution in [0.2, 0.25) is 0 Å². The van der Waals surface area contributed by atoms with Crippen molar-refractivity contribution < 1.29 is 45.5 Å². The van der Waals surface area contributed by atoms with Gasteiger partial charge < -0.3 is 40.5 Å². The van der Waals surface area contributed by atoms with Gasteiger partial charge in [0.1, 0.15) is 25.3 Å². The number of amides is 4. The molecule has 4 rings (SSSR count). The molecule has 0 bridgehead atoms. The molecule has 2 aliphatic heterocycles. The zero-order valence-corrected chi connectivity index (χ0v) is 43.6. The fourth-order valence-corrected chi connectivity index (χ4v) is 10.0. The second-order valence-corrected chi connectivity index (χ2v) is 22.0. The summed E-state index contributed by atoms with van der Waals surface area (Å²) >= 11 is 0. The Balaban J connectivity index is 1.38. The number of rotatable bonds is 26. The van der Waals surface area contributed by atoms with Gasteiger partial charge in [-0.1, -0.05) is 72.5 Å². The van der Waals surface area contributed by atoms with Crippen molar-refractivity contribution in [2.75, 3.05) is 79.1 Å². The summed E-state index contributed by atoms with van der Waals surface area (Å²) in [5, 5.41) is 11.4. The molecule has 18 nitrogen and oxygen atoms in total. The van der Waals surface area contributed by atoms with Gasteiger partial charge in [0, 0.05) is 51.4 Å². The van der Waals surface area contributed by atoms with Crippen LogP contribution in [0.3, 0.4) is 0 Å². The third-order valence-corrected chi connectivity index (χ3v) is 15.4. The first-order chi connectivity index (χ1) is 33.2. The van der Waals surface area contributed by atoms with Crippen LogP contribution in [0.25, 0.3) is 0 Å². The van der Waals surface area contributed by atoms with Crippen molar-refractivity contribution in [3.8, 4) is 23.7 Å². The molecule has 4 amide bonds. The number of hydrogen-bond donors (Lipinski definition) is 4. The first-order valence-corrected chi connectivity index (χ1v) is 27.7. The van der Waals surface area contributed by atoms with E-state index in [0.29, 0.717) is 51.6 Å². The molecule has 2 unspecified atom stereocenters. The van der Waals surface area contributed by atoms with Crippen molar-refractivity contribution in [2.45, 2.75) is 115 Å². The predicted octanol–water partition coefficient (Wildman–Crippen LogP) is 0.979. The normalized spacial score (nSPS) is 18.7. The van der Waals surface area contributed by atoms with E-state index in [1.165, 1.54) is 21.1 Å². The van der Waals surface area contributed by atoms with Gasteiger partial charge >= 0.3 is 0 Å². The molecule has 2 aromatic rings. The van der Waals surface area contributed by atoms with E-state index in [-0.39, 0.29) is 51.2 Å². The Morgan fingerprint density at radius 2 is 0.986 bits per heavy atom. The highest BCUT2D eigenvalue weighted by Crippen LogP contribution is 2.24. The molecular formula is C50H74N8O10S2. The molecule has 0 radical (unpaired) electrons. The SMILES string of the molecule is CN[C@@H](C)C(=O)N[C@H](C(=O)N1CCC[C@H]1CN(CCc1ccccc1)S(C)(=O)=O)C(C)OCC#CC#CCO[C@H](C)[C@H](NC(=O)[C@H](C)NC)C(=O)N1CCCC1CN(CCc1ccccc1)S(C)(=O)=O. The van der Waals surface area contributed by atoms with Crippen LogP contribution in [-0.4, -0.2) is 186 Å². The lowest BCUT2D eigenvalue weighted by Gasteiger charge is -2.34. The summed E-state index contributed by atoms with van der Waals surface area (Å²) in [6, 6.07) is 15.0. The summed E-state index contributed by atoms with van der Waals surface area (Å²) < 4.78 is 66.4. The molecule has 0 spiro atoms. The predicted molar refractivity (Wildman–Crippen MR) is 270 cm³/mol. The van der Waals surface area contributed by atoms with Crippen molar-refractivity contribution in [1.82, 2.24) is 39.7 Å². The molecule has 4 N–H and O–H groups in total. The molecule has 8 atom stereocenters. The van der Waals surface area contributed by atoms with Crippen LogP contribution in [-0.2, 0) is 61.5 Å². The summed E-state index contributed by atoms with van der Waals surface area (Å²) in [6.45, 7) is 7.93. The van der Waals surface area contributed by atoms with Crippen molar-refractivity contribution >= 4 is 43.7 Å². The Labute approximate surface area is 416 Å². The van der Waals surface area contributed by atoms with Gasteiger partial charge in [-0.05, 0) is 103 Å². The summed E-state index contributed by atoms with van der Waals surface area (Å²) in [5.74, 6) is 9.44. The maximum absolute atomic E-state index is 14.2. The summed E-state index contributed by atoms with van der Waals surface area (Å²) in [6.07, 6.45) is 4.25. The zero-order chi connectivity index (χ0) is 51.4. The molecule has 70 heavy (non-hydrogen) atoms. The first-order valence-electron chi connectivity index (χ1n) is 24.0. The average Bonchev–Trinajstić information content (AvgIpc) is 4.02. The van der Waals surface area contributed by atoms with Crippen molar-refractivity contribution in [1.29, 1.82) is 0 Å². The Morgan fingerprint density at radius 1 is 0.629 bits per heavy atom. The maximum Gasteiger partial charge on any atom is 0.248 e. The Bertz CT molecular complexity index is 2210. The van der Waals surface area contributed by atoms with Crippen LogP contribution in [0.1, 0.15) is 64.5 Å². The topological polar surface area (TPSA) is 216 Å². The van der Waals surface area contributed by atoms with E-state index in [2.05, 4.69) is 44.9 Å². The number of nitrogens with one attached hydrogen (secondary N) is 4. The molecule has 2 aromatic carbocycles. The third kappa shape index (κ3) is 18.1. The molecule has 2 aliphatic rings. The first kappa shape index (κ1) is 57.7. The highest BCUT2D eigenvalue weighted by Gasteiger charge is 2.40. The fraction of sp³-hybridized carbons (Fsp3) is 0.600. The van der Waals surface area contributed by atoms with E-state index in [1.54, 1.807) is 51.6 Å². The Hall–Kier alpha value is -4.90. The summed E-state index contributed by atoms with van der Waals surface area (Å²) in [5.41, 5.74) is 2.00. The van der Waals surface area contributed by atoms with Crippen LogP contribution in [0.4, 0.5) is 0 Å². The number of hydrogen-bond acceptors (Lipinski definition) is 12. The van der Waals surface area contributed by atoms with Gasteiger partial charge in [-0.3, -0.25) is 19.2 Å².